The standard InChI is InChI=1S/C39H64O14/c1-18(17-50-36-34(48)32(46)30(44)27(15-40)52-36)5-8-25(42)19(2)29-26(43)14-24-22-7-6-20-13-21(9-11-38(20,3)23(22)10-12-39(24,29)4)51-37-35(49)33(47)31(45)28(16-41)53-37/h18-24,27-37,40-41,44-49H,5-17H2,1-4H3/t18?,19?,20?,21?,22?,23?,24?,27-,28-,29?,30-,31-,32+,33+,34-,35-,36-,37-,38?,39?/m1/s1. The quantitative estimate of drug-likeness (QED) is 0.126. The molecule has 0 spiro atoms. The molecule has 2 heterocycles. The SMILES string of the molecule is CC(CCC(=O)C(C)C1C(=O)CC2C3CCC4CC(O[C@@H]5O[C@H](CO)[C@@H](O)[C@H](O)[C@H]5O)CCC4(C)C3CCC21C)CO[C@@H]1O[C@H](CO)[C@@H](O)[C@H](O)[C@H]1O. The van der Waals surface area contributed by atoms with Gasteiger partial charge in [-0.1, -0.05) is 27.7 Å². The second-order valence-electron chi connectivity index (χ2n) is 18.0. The number of hydrogen-bond donors (Lipinski definition) is 8. The van der Waals surface area contributed by atoms with E-state index in [1.165, 1.54) is 0 Å². The summed E-state index contributed by atoms with van der Waals surface area (Å²) in [4.78, 5) is 27.5. The van der Waals surface area contributed by atoms with E-state index < -0.39 is 80.5 Å². The normalized spacial score (nSPS) is 49.8. The molecule has 6 rings (SSSR count). The minimum atomic E-state index is -1.52. The molecule has 14 heteroatoms. The molecule has 14 nitrogen and oxygen atoms in total. The number of hydrogen-bond acceptors (Lipinski definition) is 14. The zero-order valence-corrected chi connectivity index (χ0v) is 31.6. The van der Waals surface area contributed by atoms with E-state index in [4.69, 9.17) is 18.9 Å². The van der Waals surface area contributed by atoms with Gasteiger partial charge in [0.25, 0.3) is 0 Å². The van der Waals surface area contributed by atoms with Crippen LogP contribution in [0.25, 0.3) is 0 Å². The molecule has 20 atom stereocenters. The predicted octanol–water partition coefficient (Wildman–Crippen LogP) is 0.447. The molecule has 0 amide bonds. The summed E-state index contributed by atoms with van der Waals surface area (Å²) in [5.74, 6) is 0.887. The van der Waals surface area contributed by atoms with E-state index in [1.54, 1.807) is 0 Å². The fourth-order valence-electron chi connectivity index (χ4n) is 11.7. The highest BCUT2D eigenvalue weighted by Crippen LogP contribution is 2.67. The van der Waals surface area contributed by atoms with Crippen molar-refractivity contribution in [3.05, 3.63) is 0 Å². The number of ketones is 2. The molecule has 304 valence electrons. The summed E-state index contributed by atoms with van der Waals surface area (Å²) < 4.78 is 23.0. The third-order valence-electron chi connectivity index (χ3n) is 15.0. The van der Waals surface area contributed by atoms with Crippen molar-refractivity contribution < 1.29 is 69.4 Å². The van der Waals surface area contributed by atoms with Crippen LogP contribution in [0.5, 0.6) is 0 Å². The number of carbonyl (C=O) groups excluding carboxylic acids is 2. The van der Waals surface area contributed by atoms with E-state index >= 15 is 0 Å². The number of carbonyl (C=O) groups is 2. The minimum absolute atomic E-state index is 0.0560. The van der Waals surface area contributed by atoms with Crippen molar-refractivity contribution in [2.24, 2.45) is 52.3 Å². The number of fused-ring (bicyclic) bond motifs is 5. The van der Waals surface area contributed by atoms with Gasteiger partial charge in [0.05, 0.1) is 25.9 Å². The summed E-state index contributed by atoms with van der Waals surface area (Å²) in [5, 5.41) is 80.3. The van der Waals surface area contributed by atoms with E-state index in [1.807, 2.05) is 13.8 Å². The van der Waals surface area contributed by atoms with E-state index in [-0.39, 0.29) is 59.3 Å². The van der Waals surface area contributed by atoms with Gasteiger partial charge in [0.15, 0.2) is 12.6 Å². The van der Waals surface area contributed by atoms with E-state index in [9.17, 15) is 50.4 Å². The van der Waals surface area contributed by atoms with E-state index in [2.05, 4.69) is 13.8 Å². The Bertz CT molecular complexity index is 1280. The lowest BCUT2D eigenvalue weighted by atomic mass is 9.44. The Morgan fingerprint density at radius 2 is 1.40 bits per heavy atom. The topological polar surface area (TPSA) is 233 Å². The van der Waals surface area contributed by atoms with E-state index in [0.717, 1.165) is 44.9 Å². The zero-order valence-electron chi connectivity index (χ0n) is 31.6. The van der Waals surface area contributed by atoms with Crippen LogP contribution in [0.4, 0.5) is 0 Å². The lowest BCUT2D eigenvalue weighted by Crippen LogP contribution is -2.60. The summed E-state index contributed by atoms with van der Waals surface area (Å²) in [5.41, 5.74) is -0.187. The van der Waals surface area contributed by atoms with Crippen molar-refractivity contribution in [2.45, 2.75) is 159 Å². The van der Waals surface area contributed by atoms with Crippen molar-refractivity contribution in [2.75, 3.05) is 19.8 Å². The molecular weight excluding hydrogens is 692 g/mol. The van der Waals surface area contributed by atoms with Crippen LogP contribution in [0.3, 0.4) is 0 Å². The van der Waals surface area contributed by atoms with Gasteiger partial charge in [-0.15, -0.1) is 0 Å². The van der Waals surface area contributed by atoms with Gasteiger partial charge < -0.3 is 59.8 Å². The second kappa shape index (κ2) is 16.4. The molecule has 2 aliphatic heterocycles. The summed E-state index contributed by atoms with van der Waals surface area (Å²) >= 11 is 0. The van der Waals surface area contributed by atoms with Crippen LogP contribution in [0.15, 0.2) is 0 Å². The third-order valence-corrected chi connectivity index (χ3v) is 15.0. The Hall–Kier alpha value is -1.14. The Labute approximate surface area is 312 Å². The number of rotatable bonds is 12. The first kappa shape index (κ1) is 41.5. The van der Waals surface area contributed by atoms with Gasteiger partial charge in [-0.3, -0.25) is 9.59 Å². The number of aliphatic hydroxyl groups excluding tert-OH is 8. The number of ether oxygens (including phenoxy) is 4. The highest BCUT2D eigenvalue weighted by atomic mass is 16.7. The van der Waals surface area contributed by atoms with Gasteiger partial charge in [-0.25, -0.2) is 0 Å². The summed E-state index contributed by atoms with van der Waals surface area (Å²) in [6, 6.07) is 0. The molecule has 0 radical (unpaired) electrons. The largest absolute Gasteiger partial charge is 0.394 e. The lowest BCUT2D eigenvalue weighted by Gasteiger charge is -2.61. The van der Waals surface area contributed by atoms with Crippen molar-refractivity contribution in [1.29, 1.82) is 0 Å². The lowest BCUT2D eigenvalue weighted by molar-refractivity contribution is -0.316. The zero-order chi connectivity index (χ0) is 38.6. The first-order chi connectivity index (χ1) is 25.0. The summed E-state index contributed by atoms with van der Waals surface area (Å²) in [7, 11) is 0. The fraction of sp³-hybridized carbons (Fsp3) is 0.949. The molecule has 10 unspecified atom stereocenters. The molecule has 4 aliphatic carbocycles. The predicted molar refractivity (Wildman–Crippen MR) is 187 cm³/mol. The van der Waals surface area contributed by atoms with Crippen LogP contribution < -0.4 is 0 Å². The molecule has 0 aromatic heterocycles. The molecule has 0 aromatic carbocycles. The Morgan fingerprint density at radius 3 is 2.04 bits per heavy atom. The van der Waals surface area contributed by atoms with Crippen molar-refractivity contribution in [3.8, 4) is 0 Å². The first-order valence-corrected chi connectivity index (χ1v) is 20.0. The second-order valence-corrected chi connectivity index (χ2v) is 18.0. The molecule has 53 heavy (non-hydrogen) atoms. The smallest absolute Gasteiger partial charge is 0.186 e. The number of aliphatic hydroxyl groups is 8. The van der Waals surface area contributed by atoms with Crippen LogP contribution in [0.2, 0.25) is 0 Å². The van der Waals surface area contributed by atoms with Gasteiger partial charge in [0.1, 0.15) is 60.4 Å². The monoisotopic (exact) mass is 756 g/mol. The van der Waals surface area contributed by atoms with Gasteiger partial charge in [0, 0.05) is 24.7 Å². The highest BCUT2D eigenvalue weighted by Gasteiger charge is 2.63. The van der Waals surface area contributed by atoms with Crippen molar-refractivity contribution in [3.63, 3.8) is 0 Å². The van der Waals surface area contributed by atoms with Crippen LogP contribution in [-0.4, -0.2) is 140 Å². The maximum absolute atomic E-state index is 13.9. The van der Waals surface area contributed by atoms with Gasteiger partial charge >= 0.3 is 0 Å². The van der Waals surface area contributed by atoms with E-state index in [0.29, 0.717) is 30.6 Å². The Kier molecular flexibility index (Phi) is 12.8. The molecule has 4 saturated carbocycles. The van der Waals surface area contributed by atoms with Crippen LogP contribution >= 0.6 is 0 Å². The molecule has 8 N–H and O–H groups in total. The maximum atomic E-state index is 13.9. The van der Waals surface area contributed by atoms with Crippen molar-refractivity contribution >= 4 is 11.6 Å². The highest BCUT2D eigenvalue weighted by molar-refractivity contribution is 5.92. The average Bonchev–Trinajstić information content (AvgIpc) is 3.42. The number of Topliss-reactive ketones (excluding diaryl/α,β-unsaturated/α-hetero) is 2. The first-order valence-electron chi connectivity index (χ1n) is 20.0. The molecule has 2 saturated heterocycles. The summed E-state index contributed by atoms with van der Waals surface area (Å²) in [6.07, 6.45) is -5.73. The Morgan fingerprint density at radius 1 is 0.792 bits per heavy atom. The third kappa shape index (κ3) is 7.66. The van der Waals surface area contributed by atoms with Gasteiger partial charge in [0.2, 0.25) is 0 Å². The van der Waals surface area contributed by atoms with Gasteiger partial charge in [-0.05, 0) is 91.8 Å². The Balaban J connectivity index is 1.02. The molecule has 6 aliphatic rings. The summed E-state index contributed by atoms with van der Waals surface area (Å²) in [6.45, 7) is 7.55. The van der Waals surface area contributed by atoms with Crippen LogP contribution in [-0.2, 0) is 28.5 Å². The van der Waals surface area contributed by atoms with Gasteiger partial charge in [-0.2, -0.15) is 0 Å². The van der Waals surface area contributed by atoms with Crippen LogP contribution in [0.1, 0.15) is 91.9 Å². The minimum Gasteiger partial charge on any atom is -0.394 e. The molecular formula is C39H64O14. The molecule has 0 aromatic rings. The maximum Gasteiger partial charge on any atom is 0.186 e. The molecule has 6 fully saturated rings. The molecule has 0 bridgehead atoms. The van der Waals surface area contributed by atoms with Crippen molar-refractivity contribution in [1.82, 2.24) is 0 Å². The fourth-order valence-corrected chi connectivity index (χ4v) is 11.7. The van der Waals surface area contributed by atoms with Crippen LogP contribution in [0, 0.1) is 52.3 Å². The average molecular weight is 757 g/mol.